The molecule has 9 nitrogen and oxygen atoms in total. The molecule has 1 unspecified atom stereocenters. The van der Waals surface area contributed by atoms with Crippen molar-refractivity contribution in [2.45, 2.75) is 33.8 Å². The number of nitrogens with one attached hydrogen (secondary N) is 1. The number of furan rings is 1. The van der Waals surface area contributed by atoms with Crippen molar-refractivity contribution in [3.63, 3.8) is 0 Å². The summed E-state index contributed by atoms with van der Waals surface area (Å²) in [5.74, 6) is -1.12. The van der Waals surface area contributed by atoms with Gasteiger partial charge >= 0.3 is 11.9 Å². The van der Waals surface area contributed by atoms with E-state index in [0.717, 1.165) is 0 Å². The van der Waals surface area contributed by atoms with E-state index in [0.29, 0.717) is 11.5 Å². The van der Waals surface area contributed by atoms with Crippen LogP contribution in [-0.4, -0.2) is 44.3 Å². The highest BCUT2D eigenvalue weighted by atomic mass is 16.5. The van der Waals surface area contributed by atoms with Crippen LogP contribution in [0.4, 0.5) is 5.88 Å². The van der Waals surface area contributed by atoms with Crippen molar-refractivity contribution in [1.29, 1.82) is 0 Å². The summed E-state index contributed by atoms with van der Waals surface area (Å²) in [7, 11) is 1.54. The molecular formula is C21H25NO8. The minimum atomic E-state index is -0.926. The van der Waals surface area contributed by atoms with Gasteiger partial charge in [-0.1, -0.05) is 0 Å². The highest BCUT2D eigenvalue weighted by Crippen LogP contribution is 2.29. The van der Waals surface area contributed by atoms with E-state index in [1.54, 1.807) is 45.2 Å². The lowest BCUT2D eigenvalue weighted by atomic mass is 10.1. The summed E-state index contributed by atoms with van der Waals surface area (Å²) in [6, 6.07) is 6.70. The molecule has 0 saturated heterocycles. The first-order chi connectivity index (χ1) is 14.3. The minimum Gasteiger partial charge on any atom is -0.497 e. The summed E-state index contributed by atoms with van der Waals surface area (Å²) >= 11 is 0. The molecule has 1 atom stereocenters. The third-order valence-electron chi connectivity index (χ3n) is 4.02. The molecule has 0 aliphatic heterocycles. The largest absolute Gasteiger partial charge is 0.497 e. The van der Waals surface area contributed by atoms with Crippen LogP contribution in [0.3, 0.4) is 0 Å². The van der Waals surface area contributed by atoms with E-state index >= 15 is 0 Å². The lowest BCUT2D eigenvalue weighted by molar-refractivity contribution is -0.122. The Morgan fingerprint density at radius 2 is 1.50 bits per heavy atom. The Hall–Kier alpha value is -3.49. The number of rotatable bonds is 9. The molecule has 30 heavy (non-hydrogen) atoms. The number of hydrogen-bond donors (Lipinski definition) is 1. The summed E-state index contributed by atoms with van der Waals surface area (Å²) < 4.78 is 26.2. The number of anilines is 1. The quantitative estimate of drug-likeness (QED) is 0.616. The van der Waals surface area contributed by atoms with Gasteiger partial charge < -0.3 is 23.4 Å². The van der Waals surface area contributed by atoms with E-state index < -0.39 is 23.9 Å². The predicted molar refractivity (Wildman–Crippen MR) is 107 cm³/mol. The van der Waals surface area contributed by atoms with Crippen molar-refractivity contribution >= 4 is 23.7 Å². The van der Waals surface area contributed by atoms with Crippen molar-refractivity contribution in [1.82, 2.24) is 0 Å². The van der Waals surface area contributed by atoms with Crippen LogP contribution >= 0.6 is 0 Å². The standard InChI is InChI=1S/C21H25NO8/c1-6-27-20(24)16-12(3)30-19(17(16)21(25)28-7-2)22-18(23)13(4)29-15-10-8-14(26-5)9-11-15/h8-11,13H,6-7H2,1-5H3,(H,22,23). The molecule has 1 N–H and O–H groups in total. The van der Waals surface area contributed by atoms with Gasteiger partial charge in [-0.2, -0.15) is 0 Å². The van der Waals surface area contributed by atoms with Crippen molar-refractivity contribution in [3.05, 3.63) is 41.2 Å². The number of carbonyl (C=O) groups is 3. The van der Waals surface area contributed by atoms with Crippen LogP contribution in [0.15, 0.2) is 28.7 Å². The maximum absolute atomic E-state index is 12.6. The molecule has 1 aromatic carbocycles. The molecule has 1 amide bonds. The molecule has 0 bridgehead atoms. The number of aryl methyl sites for hydroxylation is 1. The Balaban J connectivity index is 2.24. The van der Waals surface area contributed by atoms with Gasteiger partial charge in [-0.25, -0.2) is 9.59 Å². The molecule has 0 saturated carbocycles. The third kappa shape index (κ3) is 5.31. The lowest BCUT2D eigenvalue weighted by Gasteiger charge is -2.14. The molecule has 1 aromatic heterocycles. The van der Waals surface area contributed by atoms with Crippen LogP contribution in [0.5, 0.6) is 11.5 Å². The van der Waals surface area contributed by atoms with Gasteiger partial charge in [0, 0.05) is 0 Å². The van der Waals surface area contributed by atoms with E-state index in [1.807, 2.05) is 0 Å². The number of hydrogen-bond acceptors (Lipinski definition) is 8. The zero-order valence-corrected chi connectivity index (χ0v) is 17.6. The fraction of sp³-hybridized carbons (Fsp3) is 0.381. The number of amides is 1. The van der Waals surface area contributed by atoms with Gasteiger partial charge in [0.25, 0.3) is 5.91 Å². The van der Waals surface area contributed by atoms with E-state index in [1.165, 1.54) is 13.8 Å². The molecule has 0 radical (unpaired) electrons. The Morgan fingerprint density at radius 1 is 0.967 bits per heavy atom. The topological polar surface area (TPSA) is 113 Å². The molecule has 0 fully saturated rings. The molecule has 2 rings (SSSR count). The number of methoxy groups -OCH3 is 1. The Morgan fingerprint density at radius 3 is 2.03 bits per heavy atom. The average Bonchev–Trinajstić information content (AvgIpc) is 3.04. The minimum absolute atomic E-state index is 0.0791. The van der Waals surface area contributed by atoms with Crippen LogP contribution in [-0.2, 0) is 14.3 Å². The van der Waals surface area contributed by atoms with Crippen LogP contribution in [0.1, 0.15) is 47.2 Å². The van der Waals surface area contributed by atoms with Gasteiger partial charge in [0.05, 0.1) is 20.3 Å². The molecule has 2 aromatic rings. The molecule has 0 spiro atoms. The van der Waals surface area contributed by atoms with Crippen molar-refractivity contribution in [3.8, 4) is 11.5 Å². The SMILES string of the molecule is CCOC(=O)c1c(C)oc(NC(=O)C(C)Oc2ccc(OC)cc2)c1C(=O)OCC. The zero-order chi connectivity index (χ0) is 22.3. The maximum atomic E-state index is 12.6. The summed E-state index contributed by atoms with van der Waals surface area (Å²) in [6.07, 6.45) is -0.926. The lowest BCUT2D eigenvalue weighted by Crippen LogP contribution is -2.30. The van der Waals surface area contributed by atoms with E-state index in [4.69, 9.17) is 23.4 Å². The fourth-order valence-corrected chi connectivity index (χ4v) is 2.61. The number of carbonyl (C=O) groups excluding carboxylic acids is 3. The summed E-state index contributed by atoms with van der Waals surface area (Å²) in [4.78, 5) is 37.3. The Bertz CT molecular complexity index is 900. The maximum Gasteiger partial charge on any atom is 0.344 e. The van der Waals surface area contributed by atoms with E-state index in [9.17, 15) is 14.4 Å². The number of benzene rings is 1. The van der Waals surface area contributed by atoms with Crippen LogP contribution < -0.4 is 14.8 Å². The second kappa shape index (κ2) is 10.3. The molecular weight excluding hydrogens is 394 g/mol. The highest BCUT2D eigenvalue weighted by molar-refractivity contribution is 6.09. The van der Waals surface area contributed by atoms with Gasteiger partial charge in [0.15, 0.2) is 6.10 Å². The van der Waals surface area contributed by atoms with Crippen molar-refractivity contribution in [2.24, 2.45) is 0 Å². The summed E-state index contributed by atoms with van der Waals surface area (Å²) in [5.41, 5.74) is -0.285. The first-order valence-electron chi connectivity index (χ1n) is 9.41. The molecule has 0 aliphatic carbocycles. The average molecular weight is 419 g/mol. The fourth-order valence-electron chi connectivity index (χ4n) is 2.61. The molecule has 1 heterocycles. The van der Waals surface area contributed by atoms with Gasteiger partial charge in [-0.15, -0.1) is 0 Å². The van der Waals surface area contributed by atoms with Crippen LogP contribution in [0.2, 0.25) is 0 Å². The second-order valence-corrected chi connectivity index (χ2v) is 6.10. The van der Waals surface area contributed by atoms with Gasteiger partial charge in [0.2, 0.25) is 5.88 Å². The van der Waals surface area contributed by atoms with E-state index in [2.05, 4.69) is 5.32 Å². The number of ether oxygens (including phenoxy) is 4. The Kier molecular flexibility index (Phi) is 7.85. The summed E-state index contributed by atoms with van der Waals surface area (Å²) in [5, 5.41) is 2.49. The Labute approximate surface area is 174 Å². The molecule has 9 heteroatoms. The number of esters is 2. The van der Waals surface area contributed by atoms with Crippen LogP contribution in [0, 0.1) is 6.92 Å². The van der Waals surface area contributed by atoms with E-state index in [-0.39, 0.29) is 36.0 Å². The third-order valence-corrected chi connectivity index (χ3v) is 4.02. The molecule has 0 aliphatic rings. The smallest absolute Gasteiger partial charge is 0.344 e. The highest BCUT2D eigenvalue weighted by Gasteiger charge is 2.32. The van der Waals surface area contributed by atoms with Gasteiger partial charge in [0.1, 0.15) is 28.4 Å². The first-order valence-corrected chi connectivity index (χ1v) is 9.41. The predicted octanol–water partition coefficient (Wildman–Crippen LogP) is 3.36. The van der Waals surface area contributed by atoms with Gasteiger partial charge in [-0.3, -0.25) is 10.1 Å². The van der Waals surface area contributed by atoms with Gasteiger partial charge in [-0.05, 0) is 52.0 Å². The van der Waals surface area contributed by atoms with Crippen molar-refractivity contribution < 1.29 is 37.7 Å². The monoisotopic (exact) mass is 419 g/mol. The van der Waals surface area contributed by atoms with Crippen molar-refractivity contribution in [2.75, 3.05) is 25.6 Å². The normalized spacial score (nSPS) is 11.4. The first kappa shape index (κ1) is 22.8. The summed E-state index contributed by atoms with van der Waals surface area (Å²) in [6.45, 7) is 6.47. The van der Waals surface area contributed by atoms with Crippen LogP contribution in [0.25, 0.3) is 0 Å². The molecule has 162 valence electrons. The second-order valence-electron chi connectivity index (χ2n) is 6.10. The zero-order valence-electron chi connectivity index (χ0n) is 17.6.